The fourth-order valence-corrected chi connectivity index (χ4v) is 2.04. The van der Waals surface area contributed by atoms with Crippen LogP contribution in [0.4, 0.5) is 4.39 Å². The van der Waals surface area contributed by atoms with Crippen molar-refractivity contribution in [3.8, 4) is 11.3 Å². The maximum absolute atomic E-state index is 13.3. The van der Waals surface area contributed by atoms with Gasteiger partial charge in [-0.05, 0) is 17.7 Å². The highest BCUT2D eigenvalue weighted by Crippen LogP contribution is 2.27. The van der Waals surface area contributed by atoms with Gasteiger partial charge in [0.2, 0.25) is 0 Å². The number of rotatable bonds is 2. The topological polar surface area (TPSA) is 67.6 Å². The summed E-state index contributed by atoms with van der Waals surface area (Å²) in [7, 11) is 0. The van der Waals surface area contributed by atoms with E-state index in [-0.39, 0.29) is 5.82 Å². The van der Waals surface area contributed by atoms with Crippen LogP contribution >= 0.6 is 0 Å². The number of aromatic nitrogens is 3. The van der Waals surface area contributed by atoms with Crippen LogP contribution in [0, 0.1) is 5.82 Å². The van der Waals surface area contributed by atoms with Crippen molar-refractivity contribution < 1.29 is 4.39 Å². The van der Waals surface area contributed by atoms with Crippen molar-refractivity contribution in [1.82, 2.24) is 15.0 Å². The molecule has 0 aliphatic rings. The second-order valence-electron chi connectivity index (χ2n) is 3.97. The smallest absolute Gasteiger partial charge is 0.141 e. The molecule has 90 valence electrons. The highest BCUT2D eigenvalue weighted by atomic mass is 19.1. The average Bonchev–Trinajstić information content (AvgIpc) is 2.81. The van der Waals surface area contributed by atoms with Crippen LogP contribution in [0.25, 0.3) is 22.3 Å². The van der Waals surface area contributed by atoms with Gasteiger partial charge >= 0.3 is 0 Å². The Morgan fingerprint density at radius 1 is 1.28 bits per heavy atom. The van der Waals surface area contributed by atoms with E-state index in [1.807, 2.05) is 12.3 Å². The maximum atomic E-state index is 13.3. The van der Waals surface area contributed by atoms with Crippen molar-refractivity contribution in [2.24, 2.45) is 5.73 Å². The summed E-state index contributed by atoms with van der Waals surface area (Å²) in [6.07, 6.45) is 3.27. The summed E-state index contributed by atoms with van der Waals surface area (Å²) in [5.41, 5.74) is 8.74. The number of aromatic amines is 1. The van der Waals surface area contributed by atoms with Gasteiger partial charge in [-0.1, -0.05) is 12.1 Å². The van der Waals surface area contributed by atoms with Crippen LogP contribution < -0.4 is 5.73 Å². The van der Waals surface area contributed by atoms with E-state index in [0.29, 0.717) is 17.9 Å². The highest BCUT2D eigenvalue weighted by molar-refractivity contribution is 5.93. The van der Waals surface area contributed by atoms with Crippen LogP contribution in [-0.2, 0) is 6.54 Å². The molecule has 3 rings (SSSR count). The molecule has 5 heteroatoms. The number of benzene rings is 1. The molecule has 0 saturated heterocycles. The van der Waals surface area contributed by atoms with Crippen molar-refractivity contribution in [2.75, 3.05) is 0 Å². The third-order valence-corrected chi connectivity index (χ3v) is 2.87. The SMILES string of the molecule is NCc1c[nH]c2ncnc(-c3cccc(F)c3)c12. The predicted octanol–water partition coefficient (Wildman–Crippen LogP) is 2.22. The number of nitrogens with one attached hydrogen (secondary N) is 1. The normalized spacial score (nSPS) is 11.0. The van der Waals surface area contributed by atoms with Gasteiger partial charge in [0.05, 0.1) is 5.69 Å². The Kier molecular flexibility index (Phi) is 2.53. The van der Waals surface area contributed by atoms with Gasteiger partial charge in [0, 0.05) is 23.7 Å². The van der Waals surface area contributed by atoms with Gasteiger partial charge in [-0.2, -0.15) is 0 Å². The average molecular weight is 242 g/mol. The lowest BCUT2D eigenvalue weighted by Crippen LogP contribution is -1.96. The zero-order chi connectivity index (χ0) is 12.5. The first kappa shape index (κ1) is 10.9. The lowest BCUT2D eigenvalue weighted by atomic mass is 10.1. The lowest BCUT2D eigenvalue weighted by molar-refractivity contribution is 0.628. The summed E-state index contributed by atoms with van der Waals surface area (Å²) < 4.78 is 13.3. The molecule has 0 amide bonds. The summed E-state index contributed by atoms with van der Waals surface area (Å²) in [6.45, 7) is 0.385. The van der Waals surface area contributed by atoms with E-state index in [1.54, 1.807) is 6.07 Å². The maximum Gasteiger partial charge on any atom is 0.141 e. The van der Waals surface area contributed by atoms with Gasteiger partial charge in [-0.3, -0.25) is 0 Å². The van der Waals surface area contributed by atoms with Crippen LogP contribution in [0.15, 0.2) is 36.8 Å². The van der Waals surface area contributed by atoms with Crippen molar-refractivity contribution in [3.63, 3.8) is 0 Å². The second kappa shape index (κ2) is 4.19. The molecule has 0 aliphatic carbocycles. The molecule has 0 aliphatic heterocycles. The Bertz CT molecular complexity index is 705. The molecule has 1 aromatic carbocycles. The molecule has 2 heterocycles. The predicted molar refractivity (Wildman–Crippen MR) is 67.2 cm³/mol. The van der Waals surface area contributed by atoms with Crippen LogP contribution in [0.2, 0.25) is 0 Å². The van der Waals surface area contributed by atoms with Crippen LogP contribution in [-0.4, -0.2) is 15.0 Å². The van der Waals surface area contributed by atoms with E-state index in [9.17, 15) is 4.39 Å². The number of nitrogens with two attached hydrogens (primary N) is 1. The molecular formula is C13H11FN4. The number of halogens is 1. The monoisotopic (exact) mass is 242 g/mol. The molecule has 0 saturated carbocycles. The minimum Gasteiger partial charge on any atom is -0.346 e. The molecule has 4 nitrogen and oxygen atoms in total. The van der Waals surface area contributed by atoms with Gasteiger partial charge in [-0.15, -0.1) is 0 Å². The molecule has 2 aromatic heterocycles. The largest absolute Gasteiger partial charge is 0.346 e. The zero-order valence-corrected chi connectivity index (χ0v) is 9.52. The first-order valence-corrected chi connectivity index (χ1v) is 5.56. The summed E-state index contributed by atoms with van der Waals surface area (Å²) in [5.74, 6) is -0.288. The van der Waals surface area contributed by atoms with Crippen molar-refractivity contribution in [3.05, 3.63) is 48.2 Å². The van der Waals surface area contributed by atoms with E-state index in [2.05, 4.69) is 15.0 Å². The van der Waals surface area contributed by atoms with E-state index in [0.717, 1.165) is 16.5 Å². The molecule has 0 atom stereocenters. The molecule has 0 bridgehead atoms. The van der Waals surface area contributed by atoms with Gasteiger partial charge in [0.25, 0.3) is 0 Å². The third-order valence-electron chi connectivity index (χ3n) is 2.87. The fraction of sp³-hybridized carbons (Fsp3) is 0.0769. The van der Waals surface area contributed by atoms with Crippen molar-refractivity contribution in [2.45, 2.75) is 6.54 Å². The lowest BCUT2D eigenvalue weighted by Gasteiger charge is -2.04. The quantitative estimate of drug-likeness (QED) is 0.724. The van der Waals surface area contributed by atoms with Gasteiger partial charge in [0.15, 0.2) is 0 Å². The van der Waals surface area contributed by atoms with Crippen LogP contribution in [0.1, 0.15) is 5.56 Å². The summed E-state index contributed by atoms with van der Waals surface area (Å²) in [4.78, 5) is 11.4. The number of hydrogen-bond donors (Lipinski definition) is 2. The number of H-pyrrole nitrogens is 1. The highest BCUT2D eigenvalue weighted by Gasteiger charge is 2.11. The summed E-state index contributed by atoms with van der Waals surface area (Å²) >= 11 is 0. The Hall–Kier alpha value is -2.27. The Labute approximate surface area is 103 Å². The number of fused-ring (bicyclic) bond motifs is 1. The molecule has 0 fully saturated rings. The Balaban J connectivity index is 2.31. The molecule has 18 heavy (non-hydrogen) atoms. The zero-order valence-electron chi connectivity index (χ0n) is 9.52. The van der Waals surface area contributed by atoms with Crippen molar-refractivity contribution in [1.29, 1.82) is 0 Å². The fourth-order valence-electron chi connectivity index (χ4n) is 2.04. The molecule has 0 unspecified atom stereocenters. The second-order valence-corrected chi connectivity index (χ2v) is 3.97. The van der Waals surface area contributed by atoms with E-state index in [4.69, 9.17) is 5.73 Å². The molecule has 3 aromatic rings. The van der Waals surface area contributed by atoms with E-state index >= 15 is 0 Å². The van der Waals surface area contributed by atoms with Gasteiger partial charge in [0.1, 0.15) is 17.8 Å². The minimum atomic E-state index is -0.288. The molecule has 0 radical (unpaired) electrons. The first-order valence-electron chi connectivity index (χ1n) is 5.56. The summed E-state index contributed by atoms with van der Waals surface area (Å²) in [6, 6.07) is 6.34. The molecule has 0 spiro atoms. The Morgan fingerprint density at radius 3 is 2.94 bits per heavy atom. The van der Waals surface area contributed by atoms with Gasteiger partial charge in [-0.25, -0.2) is 14.4 Å². The van der Waals surface area contributed by atoms with Gasteiger partial charge < -0.3 is 10.7 Å². The van der Waals surface area contributed by atoms with Crippen molar-refractivity contribution >= 4 is 11.0 Å². The van der Waals surface area contributed by atoms with E-state index < -0.39 is 0 Å². The van der Waals surface area contributed by atoms with Crippen LogP contribution in [0.3, 0.4) is 0 Å². The first-order chi connectivity index (χ1) is 8.79. The molecular weight excluding hydrogens is 231 g/mol. The minimum absolute atomic E-state index is 0.288. The standard InChI is InChI=1S/C13H11FN4/c14-10-3-1-2-8(4-10)12-11-9(5-15)6-16-13(11)18-7-17-12/h1-4,6-7H,5,15H2,(H,16,17,18). The number of hydrogen-bond acceptors (Lipinski definition) is 3. The third kappa shape index (κ3) is 1.65. The van der Waals surface area contributed by atoms with E-state index in [1.165, 1.54) is 18.5 Å². The molecule has 3 N–H and O–H groups in total. The van der Waals surface area contributed by atoms with Crippen LogP contribution in [0.5, 0.6) is 0 Å². The number of nitrogens with zero attached hydrogens (tertiary/aromatic N) is 2. The Morgan fingerprint density at radius 2 is 2.17 bits per heavy atom. The summed E-state index contributed by atoms with van der Waals surface area (Å²) in [5, 5.41) is 0.852.